The van der Waals surface area contributed by atoms with Gasteiger partial charge in [-0.1, -0.05) is 47.6 Å². The second-order valence-electron chi connectivity index (χ2n) is 5.81. The van der Waals surface area contributed by atoms with E-state index in [1.807, 2.05) is 61.0 Å². The number of fused-ring (bicyclic) bond motifs is 1. The number of hydrogen-bond donors (Lipinski definition) is 1. The van der Waals surface area contributed by atoms with Gasteiger partial charge in [-0.3, -0.25) is 4.79 Å². The molecule has 0 aliphatic rings. The first-order valence-corrected chi connectivity index (χ1v) is 8.37. The first-order valence-electron chi connectivity index (χ1n) is 7.58. The smallest absolute Gasteiger partial charge is 0.199 e. The molecule has 0 aliphatic carbocycles. The monoisotopic (exact) mass is 356 g/mol. The molecule has 1 N–H and O–H groups in total. The van der Waals surface area contributed by atoms with Crippen LogP contribution in [0.15, 0.2) is 53.5 Å². The zero-order chi connectivity index (χ0) is 17.3. The predicted molar refractivity (Wildman–Crippen MR) is 104 cm³/mol. The Morgan fingerprint density at radius 2 is 1.92 bits per heavy atom. The van der Waals surface area contributed by atoms with Gasteiger partial charge in [0.15, 0.2) is 5.43 Å². The first kappa shape index (κ1) is 16.7. The summed E-state index contributed by atoms with van der Waals surface area (Å²) in [6, 6.07) is 13.4. The molecule has 3 rings (SSSR count). The number of nitrogens with one attached hydrogen (secondary N) is 1. The Morgan fingerprint density at radius 3 is 2.62 bits per heavy atom. The van der Waals surface area contributed by atoms with Crippen molar-refractivity contribution < 1.29 is 0 Å². The SMILES string of the molecule is Cc1ccc2c(c1)c(=O)c(C(=S)NCc1ccc(Cl)cc1)cn2C. The fourth-order valence-electron chi connectivity index (χ4n) is 2.65. The van der Waals surface area contributed by atoms with Crippen molar-refractivity contribution in [2.75, 3.05) is 0 Å². The standard InChI is InChI=1S/C19H17ClN2OS/c1-12-3-8-17-15(9-12)18(23)16(11-22(17)2)19(24)21-10-13-4-6-14(20)7-5-13/h3-9,11H,10H2,1-2H3,(H,21,24). The Hall–Kier alpha value is -2.17. The summed E-state index contributed by atoms with van der Waals surface area (Å²) in [4.78, 5) is 13.2. The molecule has 122 valence electrons. The molecule has 0 bridgehead atoms. The van der Waals surface area contributed by atoms with Gasteiger partial charge >= 0.3 is 0 Å². The summed E-state index contributed by atoms with van der Waals surface area (Å²) >= 11 is 11.3. The number of halogens is 1. The van der Waals surface area contributed by atoms with Crippen molar-refractivity contribution in [3.8, 4) is 0 Å². The number of thiocarbonyl (C=S) groups is 1. The Balaban J connectivity index is 1.91. The molecule has 0 fully saturated rings. The lowest BCUT2D eigenvalue weighted by molar-refractivity contribution is 0.915. The molecule has 0 saturated carbocycles. The fourth-order valence-corrected chi connectivity index (χ4v) is 2.99. The van der Waals surface area contributed by atoms with E-state index in [1.54, 1.807) is 6.20 Å². The van der Waals surface area contributed by atoms with E-state index in [-0.39, 0.29) is 5.43 Å². The molecule has 0 aliphatic heterocycles. The maximum atomic E-state index is 12.8. The zero-order valence-electron chi connectivity index (χ0n) is 13.5. The molecule has 2 aromatic carbocycles. The van der Waals surface area contributed by atoms with Gasteiger partial charge in [-0.2, -0.15) is 0 Å². The van der Waals surface area contributed by atoms with Crippen LogP contribution in [0.4, 0.5) is 0 Å². The van der Waals surface area contributed by atoms with Gasteiger partial charge in [-0.15, -0.1) is 0 Å². The van der Waals surface area contributed by atoms with Gasteiger partial charge in [0.05, 0.1) is 11.1 Å². The molecule has 0 saturated heterocycles. The van der Waals surface area contributed by atoms with Gasteiger partial charge in [0, 0.05) is 30.2 Å². The van der Waals surface area contributed by atoms with E-state index in [9.17, 15) is 4.79 Å². The molecule has 1 aromatic heterocycles. The maximum Gasteiger partial charge on any atom is 0.199 e. The van der Waals surface area contributed by atoms with Gasteiger partial charge in [0.25, 0.3) is 0 Å². The van der Waals surface area contributed by atoms with Crippen LogP contribution in [0.1, 0.15) is 16.7 Å². The summed E-state index contributed by atoms with van der Waals surface area (Å²) in [5.74, 6) is 0. The Kier molecular flexibility index (Phi) is 4.69. The van der Waals surface area contributed by atoms with Crippen LogP contribution < -0.4 is 10.7 Å². The molecule has 0 unspecified atom stereocenters. The third kappa shape index (κ3) is 3.35. The van der Waals surface area contributed by atoms with E-state index in [4.69, 9.17) is 23.8 Å². The second kappa shape index (κ2) is 6.75. The summed E-state index contributed by atoms with van der Waals surface area (Å²) < 4.78 is 1.93. The molecule has 0 atom stereocenters. The number of hydrogen-bond acceptors (Lipinski definition) is 2. The average molecular weight is 357 g/mol. The number of pyridine rings is 1. The number of aromatic nitrogens is 1. The van der Waals surface area contributed by atoms with Gasteiger partial charge < -0.3 is 9.88 Å². The fraction of sp³-hybridized carbons (Fsp3) is 0.158. The number of nitrogens with zero attached hydrogens (tertiary/aromatic N) is 1. The van der Waals surface area contributed by atoms with E-state index < -0.39 is 0 Å². The lowest BCUT2D eigenvalue weighted by Crippen LogP contribution is -2.28. The molecular weight excluding hydrogens is 340 g/mol. The van der Waals surface area contributed by atoms with E-state index in [2.05, 4.69) is 5.32 Å². The molecule has 0 radical (unpaired) electrons. The Morgan fingerprint density at radius 1 is 1.21 bits per heavy atom. The highest BCUT2D eigenvalue weighted by molar-refractivity contribution is 7.80. The molecule has 0 spiro atoms. The van der Waals surface area contributed by atoms with Crippen molar-refractivity contribution in [3.05, 3.63) is 80.6 Å². The minimum Gasteiger partial charge on any atom is -0.372 e. The van der Waals surface area contributed by atoms with Crippen LogP contribution >= 0.6 is 23.8 Å². The molecule has 3 aromatic rings. The van der Waals surface area contributed by atoms with Crippen molar-refractivity contribution >= 4 is 39.7 Å². The quantitative estimate of drug-likeness (QED) is 0.721. The zero-order valence-corrected chi connectivity index (χ0v) is 15.0. The van der Waals surface area contributed by atoms with Crippen LogP contribution in [0.25, 0.3) is 10.9 Å². The normalized spacial score (nSPS) is 10.8. The number of benzene rings is 2. The van der Waals surface area contributed by atoms with Crippen LogP contribution in [-0.2, 0) is 13.6 Å². The average Bonchev–Trinajstić information content (AvgIpc) is 2.57. The second-order valence-corrected chi connectivity index (χ2v) is 6.66. The van der Waals surface area contributed by atoms with Crippen LogP contribution in [0.2, 0.25) is 5.02 Å². The van der Waals surface area contributed by atoms with E-state index in [0.29, 0.717) is 27.5 Å². The van der Waals surface area contributed by atoms with E-state index in [0.717, 1.165) is 16.6 Å². The van der Waals surface area contributed by atoms with Crippen LogP contribution in [0.5, 0.6) is 0 Å². The maximum absolute atomic E-state index is 12.8. The third-order valence-corrected chi connectivity index (χ3v) is 4.57. The van der Waals surface area contributed by atoms with Crippen molar-refractivity contribution in [1.29, 1.82) is 0 Å². The topological polar surface area (TPSA) is 34.0 Å². The lowest BCUT2D eigenvalue weighted by atomic mass is 10.1. The lowest BCUT2D eigenvalue weighted by Gasteiger charge is -2.12. The van der Waals surface area contributed by atoms with Crippen molar-refractivity contribution in [3.63, 3.8) is 0 Å². The van der Waals surface area contributed by atoms with Crippen LogP contribution in [-0.4, -0.2) is 9.56 Å². The van der Waals surface area contributed by atoms with Gasteiger partial charge in [-0.05, 0) is 36.8 Å². The highest BCUT2D eigenvalue weighted by atomic mass is 35.5. The first-order chi connectivity index (χ1) is 11.5. The molecule has 1 heterocycles. The molecule has 24 heavy (non-hydrogen) atoms. The van der Waals surface area contributed by atoms with Crippen LogP contribution in [0, 0.1) is 6.92 Å². The summed E-state index contributed by atoms with van der Waals surface area (Å²) in [6.07, 6.45) is 1.79. The summed E-state index contributed by atoms with van der Waals surface area (Å²) in [7, 11) is 1.92. The minimum atomic E-state index is -0.0413. The summed E-state index contributed by atoms with van der Waals surface area (Å²) in [6.45, 7) is 2.52. The van der Waals surface area contributed by atoms with Crippen molar-refractivity contribution in [2.24, 2.45) is 7.05 Å². The van der Waals surface area contributed by atoms with Gasteiger partial charge in [0.2, 0.25) is 0 Å². The molecular formula is C19H17ClN2OS. The van der Waals surface area contributed by atoms with Crippen molar-refractivity contribution in [1.82, 2.24) is 9.88 Å². The minimum absolute atomic E-state index is 0.0413. The van der Waals surface area contributed by atoms with E-state index in [1.165, 1.54) is 0 Å². The largest absolute Gasteiger partial charge is 0.372 e. The third-order valence-electron chi connectivity index (χ3n) is 3.95. The predicted octanol–water partition coefficient (Wildman–Crippen LogP) is 3.97. The molecule has 5 heteroatoms. The number of aryl methyl sites for hydroxylation is 2. The molecule has 3 nitrogen and oxygen atoms in total. The Bertz CT molecular complexity index is 977. The van der Waals surface area contributed by atoms with Gasteiger partial charge in [-0.25, -0.2) is 0 Å². The van der Waals surface area contributed by atoms with Crippen LogP contribution in [0.3, 0.4) is 0 Å². The van der Waals surface area contributed by atoms with Crippen molar-refractivity contribution in [2.45, 2.75) is 13.5 Å². The summed E-state index contributed by atoms with van der Waals surface area (Å²) in [5.41, 5.74) is 3.47. The highest BCUT2D eigenvalue weighted by Gasteiger charge is 2.11. The van der Waals surface area contributed by atoms with E-state index >= 15 is 0 Å². The Labute approximate surface area is 150 Å². The number of rotatable bonds is 3. The highest BCUT2D eigenvalue weighted by Crippen LogP contribution is 2.14. The molecule has 0 amide bonds. The summed E-state index contributed by atoms with van der Waals surface area (Å²) in [5, 5.41) is 4.54. The van der Waals surface area contributed by atoms with Gasteiger partial charge in [0.1, 0.15) is 4.99 Å².